The van der Waals surface area contributed by atoms with E-state index in [0.717, 1.165) is 25.0 Å². The van der Waals surface area contributed by atoms with Crippen molar-refractivity contribution in [3.8, 4) is 17.2 Å². The Bertz CT molecular complexity index is 618. The molecule has 1 saturated heterocycles. The second-order valence-corrected chi connectivity index (χ2v) is 5.06. The fourth-order valence-corrected chi connectivity index (χ4v) is 2.38. The molecular weight excluding hydrogens is 258 g/mol. The van der Waals surface area contributed by atoms with Crippen LogP contribution >= 0.6 is 0 Å². The Morgan fingerprint density at radius 2 is 2.25 bits per heavy atom. The van der Waals surface area contributed by atoms with Crippen LogP contribution in [-0.4, -0.2) is 23.9 Å². The Morgan fingerprint density at radius 3 is 2.90 bits per heavy atom. The summed E-state index contributed by atoms with van der Waals surface area (Å²) >= 11 is 0. The van der Waals surface area contributed by atoms with E-state index >= 15 is 0 Å². The van der Waals surface area contributed by atoms with Crippen LogP contribution in [0.5, 0.6) is 5.75 Å². The van der Waals surface area contributed by atoms with Gasteiger partial charge in [0.25, 0.3) is 5.89 Å². The number of hydrogen-bond acceptors (Lipinski definition) is 6. The first kappa shape index (κ1) is 12.9. The zero-order valence-corrected chi connectivity index (χ0v) is 11.5. The molecule has 20 heavy (non-hydrogen) atoms. The van der Waals surface area contributed by atoms with Crippen molar-refractivity contribution in [3.05, 3.63) is 24.0 Å². The van der Waals surface area contributed by atoms with Gasteiger partial charge in [0.15, 0.2) is 0 Å². The van der Waals surface area contributed by atoms with Gasteiger partial charge >= 0.3 is 0 Å². The quantitative estimate of drug-likeness (QED) is 0.866. The highest BCUT2D eigenvalue weighted by molar-refractivity contribution is 5.65. The maximum atomic E-state index is 5.88. The normalized spacial score (nSPS) is 22.1. The highest BCUT2D eigenvalue weighted by Gasteiger charge is 2.36. The van der Waals surface area contributed by atoms with E-state index in [2.05, 4.69) is 10.1 Å². The van der Waals surface area contributed by atoms with E-state index in [1.807, 2.05) is 13.0 Å². The van der Waals surface area contributed by atoms with E-state index in [9.17, 15) is 0 Å². The molecule has 1 aliphatic heterocycles. The van der Waals surface area contributed by atoms with E-state index in [-0.39, 0.29) is 0 Å². The van der Waals surface area contributed by atoms with E-state index in [1.165, 1.54) is 0 Å². The molecule has 2 N–H and O–H groups in total. The topological polar surface area (TPSA) is 83.4 Å². The molecule has 0 amide bonds. The summed E-state index contributed by atoms with van der Waals surface area (Å²) in [5.41, 5.74) is 6.74. The number of ether oxygens (including phenoxy) is 2. The van der Waals surface area contributed by atoms with Crippen LogP contribution in [-0.2, 0) is 10.3 Å². The summed E-state index contributed by atoms with van der Waals surface area (Å²) in [5, 5.41) is 4.04. The van der Waals surface area contributed by atoms with Crippen molar-refractivity contribution in [2.45, 2.75) is 25.4 Å². The maximum Gasteiger partial charge on any atom is 0.258 e. The molecule has 3 rings (SSSR count). The second-order valence-electron chi connectivity index (χ2n) is 5.06. The predicted molar refractivity (Wildman–Crippen MR) is 73.2 cm³/mol. The summed E-state index contributed by atoms with van der Waals surface area (Å²) in [5.74, 6) is 1.64. The summed E-state index contributed by atoms with van der Waals surface area (Å²) < 4.78 is 16.2. The smallest absolute Gasteiger partial charge is 0.258 e. The van der Waals surface area contributed by atoms with Gasteiger partial charge in [-0.15, -0.1) is 0 Å². The Hall–Kier alpha value is -2.08. The minimum atomic E-state index is -0.445. The van der Waals surface area contributed by atoms with Crippen molar-refractivity contribution >= 4 is 5.69 Å². The van der Waals surface area contributed by atoms with Gasteiger partial charge in [0.05, 0.1) is 12.8 Å². The molecule has 2 aromatic rings. The Balaban J connectivity index is 1.92. The third kappa shape index (κ3) is 2.12. The van der Waals surface area contributed by atoms with Crippen LogP contribution < -0.4 is 10.5 Å². The molecule has 6 nitrogen and oxygen atoms in total. The molecule has 0 bridgehead atoms. The molecule has 1 aromatic heterocycles. The number of aromatic nitrogens is 2. The Labute approximate surface area is 116 Å². The van der Waals surface area contributed by atoms with Gasteiger partial charge in [-0.1, -0.05) is 5.16 Å². The SMILES string of the molecule is COc1ccc(-c2nc(C3(C)CCCO3)no2)cc1N. The first-order chi connectivity index (χ1) is 9.62. The van der Waals surface area contributed by atoms with Gasteiger partial charge < -0.3 is 19.7 Å². The molecule has 0 spiro atoms. The molecule has 0 saturated carbocycles. The minimum Gasteiger partial charge on any atom is -0.495 e. The third-order valence-electron chi connectivity index (χ3n) is 3.59. The van der Waals surface area contributed by atoms with Crippen LogP contribution in [0.3, 0.4) is 0 Å². The number of anilines is 1. The van der Waals surface area contributed by atoms with Gasteiger partial charge in [-0.3, -0.25) is 0 Å². The summed E-state index contributed by atoms with van der Waals surface area (Å²) in [4.78, 5) is 4.43. The minimum absolute atomic E-state index is 0.436. The number of hydrogen-bond donors (Lipinski definition) is 1. The summed E-state index contributed by atoms with van der Waals surface area (Å²) in [6.45, 7) is 2.72. The van der Waals surface area contributed by atoms with Crippen molar-refractivity contribution < 1.29 is 14.0 Å². The molecule has 1 aliphatic rings. The van der Waals surface area contributed by atoms with Crippen LogP contribution in [0.1, 0.15) is 25.6 Å². The number of rotatable bonds is 3. The van der Waals surface area contributed by atoms with Gasteiger partial charge in [-0.2, -0.15) is 4.98 Å². The summed E-state index contributed by atoms with van der Waals surface area (Å²) in [6, 6.07) is 5.38. The highest BCUT2D eigenvalue weighted by Crippen LogP contribution is 2.35. The molecule has 0 radical (unpaired) electrons. The van der Waals surface area contributed by atoms with E-state index in [4.69, 9.17) is 19.7 Å². The average Bonchev–Trinajstić information content (AvgIpc) is 3.08. The molecule has 1 unspecified atom stereocenters. The summed E-state index contributed by atoms with van der Waals surface area (Å²) in [6.07, 6.45) is 1.91. The van der Waals surface area contributed by atoms with E-state index < -0.39 is 5.60 Å². The Morgan fingerprint density at radius 1 is 1.40 bits per heavy atom. The molecular formula is C14H17N3O3. The van der Waals surface area contributed by atoms with Crippen LogP contribution in [0.2, 0.25) is 0 Å². The standard InChI is InChI=1S/C14H17N3O3/c1-14(6-3-7-19-14)13-16-12(20-17-13)9-4-5-11(18-2)10(15)8-9/h4-5,8H,3,6-7,15H2,1-2H3. The molecule has 1 fully saturated rings. The lowest BCUT2D eigenvalue weighted by atomic mass is 10.0. The van der Waals surface area contributed by atoms with Gasteiger partial charge in [0.2, 0.25) is 5.82 Å². The second kappa shape index (κ2) is 4.79. The van der Waals surface area contributed by atoms with Gasteiger partial charge in [-0.25, -0.2) is 0 Å². The fraction of sp³-hybridized carbons (Fsp3) is 0.429. The number of nitrogen functional groups attached to an aromatic ring is 1. The van der Waals surface area contributed by atoms with Crippen molar-refractivity contribution in [2.75, 3.05) is 19.5 Å². The maximum absolute atomic E-state index is 5.88. The molecule has 6 heteroatoms. The molecule has 0 aliphatic carbocycles. The number of nitrogens with zero attached hydrogens (tertiary/aromatic N) is 2. The first-order valence-corrected chi connectivity index (χ1v) is 6.54. The molecule has 1 atom stereocenters. The van der Waals surface area contributed by atoms with Crippen LogP contribution in [0.4, 0.5) is 5.69 Å². The van der Waals surface area contributed by atoms with E-state index in [1.54, 1.807) is 19.2 Å². The number of nitrogens with two attached hydrogens (primary N) is 1. The zero-order valence-electron chi connectivity index (χ0n) is 11.5. The third-order valence-corrected chi connectivity index (χ3v) is 3.59. The van der Waals surface area contributed by atoms with Crippen molar-refractivity contribution in [1.82, 2.24) is 10.1 Å². The summed E-state index contributed by atoms with van der Waals surface area (Å²) in [7, 11) is 1.58. The molecule has 1 aromatic carbocycles. The van der Waals surface area contributed by atoms with Gasteiger partial charge in [-0.05, 0) is 38.0 Å². The molecule has 2 heterocycles. The fourth-order valence-electron chi connectivity index (χ4n) is 2.38. The lowest BCUT2D eigenvalue weighted by molar-refractivity contribution is 0.00768. The first-order valence-electron chi connectivity index (χ1n) is 6.54. The largest absolute Gasteiger partial charge is 0.495 e. The monoisotopic (exact) mass is 275 g/mol. The Kier molecular flexibility index (Phi) is 3.10. The predicted octanol–water partition coefficient (Wildman–Crippen LogP) is 2.35. The van der Waals surface area contributed by atoms with Crippen molar-refractivity contribution in [2.24, 2.45) is 0 Å². The van der Waals surface area contributed by atoms with Crippen LogP contribution in [0.15, 0.2) is 22.7 Å². The van der Waals surface area contributed by atoms with Gasteiger partial charge in [0, 0.05) is 12.2 Å². The average molecular weight is 275 g/mol. The van der Waals surface area contributed by atoms with Crippen LogP contribution in [0.25, 0.3) is 11.5 Å². The highest BCUT2D eigenvalue weighted by atomic mass is 16.5. The van der Waals surface area contributed by atoms with Crippen molar-refractivity contribution in [3.63, 3.8) is 0 Å². The van der Waals surface area contributed by atoms with Gasteiger partial charge in [0.1, 0.15) is 11.4 Å². The molecule has 106 valence electrons. The lowest BCUT2D eigenvalue weighted by Crippen LogP contribution is -2.21. The lowest BCUT2D eigenvalue weighted by Gasteiger charge is -2.17. The van der Waals surface area contributed by atoms with Crippen LogP contribution in [0, 0.1) is 0 Å². The zero-order chi connectivity index (χ0) is 14.2. The number of benzene rings is 1. The number of methoxy groups -OCH3 is 1. The van der Waals surface area contributed by atoms with Crippen molar-refractivity contribution in [1.29, 1.82) is 0 Å². The van der Waals surface area contributed by atoms with E-state index in [0.29, 0.717) is 23.2 Å².